The molecule has 3 rings (SSSR count). The van der Waals surface area contributed by atoms with E-state index in [1.165, 1.54) is 4.90 Å². The van der Waals surface area contributed by atoms with Gasteiger partial charge in [-0.3, -0.25) is 9.69 Å². The summed E-state index contributed by atoms with van der Waals surface area (Å²) in [6, 6.07) is 5.18. The molecule has 1 heterocycles. The van der Waals surface area contributed by atoms with Crippen molar-refractivity contribution in [3.63, 3.8) is 0 Å². The number of carbonyl (C=O) groups is 2. The Morgan fingerprint density at radius 3 is 2.65 bits per heavy atom. The minimum Gasteiger partial charge on any atom is -0.398 e. The van der Waals surface area contributed by atoms with Gasteiger partial charge in [-0.05, 0) is 46.5 Å². The summed E-state index contributed by atoms with van der Waals surface area (Å²) in [4.78, 5) is 25.9. The molecule has 1 aromatic rings. The standard InChI is InChI=1S/C14H16BrN3O2/c15-10-4-3-9(7-11(10)16)8-18-12(19)14(17-13(18)20)5-1-2-6-14/h3-4,7H,1-2,5-6,8,16H2,(H,17,20). The van der Waals surface area contributed by atoms with Crippen molar-refractivity contribution in [1.29, 1.82) is 0 Å². The molecule has 1 aliphatic heterocycles. The molecule has 3 N–H and O–H groups in total. The number of nitrogen functional groups attached to an aromatic ring is 1. The number of halogens is 1. The van der Waals surface area contributed by atoms with E-state index in [1.54, 1.807) is 6.07 Å². The second kappa shape index (κ2) is 4.77. The quantitative estimate of drug-likeness (QED) is 0.642. The highest BCUT2D eigenvalue weighted by Gasteiger charge is 2.52. The summed E-state index contributed by atoms with van der Waals surface area (Å²) in [5.41, 5.74) is 6.64. The number of amides is 3. The average Bonchev–Trinajstić information content (AvgIpc) is 2.96. The van der Waals surface area contributed by atoms with E-state index < -0.39 is 5.54 Å². The fourth-order valence-corrected chi connectivity index (χ4v) is 3.26. The van der Waals surface area contributed by atoms with Crippen LogP contribution >= 0.6 is 15.9 Å². The number of carbonyl (C=O) groups excluding carboxylic acids is 2. The molecule has 5 nitrogen and oxygen atoms in total. The van der Waals surface area contributed by atoms with Crippen LogP contribution in [-0.2, 0) is 11.3 Å². The third kappa shape index (κ3) is 2.08. The van der Waals surface area contributed by atoms with Crippen LogP contribution < -0.4 is 11.1 Å². The van der Waals surface area contributed by atoms with Crippen molar-refractivity contribution in [1.82, 2.24) is 10.2 Å². The van der Waals surface area contributed by atoms with Gasteiger partial charge in [0.1, 0.15) is 5.54 Å². The highest BCUT2D eigenvalue weighted by molar-refractivity contribution is 9.10. The van der Waals surface area contributed by atoms with Crippen molar-refractivity contribution in [3.8, 4) is 0 Å². The summed E-state index contributed by atoms with van der Waals surface area (Å²) in [6.07, 6.45) is 3.48. The molecule has 1 saturated heterocycles. The van der Waals surface area contributed by atoms with Crippen LogP contribution in [0, 0.1) is 0 Å². The minimum absolute atomic E-state index is 0.0958. The fourth-order valence-electron chi connectivity index (χ4n) is 3.01. The molecule has 1 spiro atoms. The molecular formula is C14H16BrN3O2. The molecule has 0 bridgehead atoms. The summed E-state index contributed by atoms with van der Waals surface area (Å²) in [7, 11) is 0. The third-order valence-electron chi connectivity index (χ3n) is 4.10. The zero-order chi connectivity index (χ0) is 14.3. The molecule has 3 amide bonds. The van der Waals surface area contributed by atoms with Gasteiger partial charge in [-0.25, -0.2) is 4.79 Å². The summed E-state index contributed by atoms with van der Waals surface area (Å²) in [5.74, 6) is -0.0958. The number of nitrogens with one attached hydrogen (secondary N) is 1. The Balaban J connectivity index is 1.82. The minimum atomic E-state index is -0.641. The maximum Gasteiger partial charge on any atom is 0.325 e. The largest absolute Gasteiger partial charge is 0.398 e. The predicted molar refractivity (Wildman–Crippen MR) is 78.8 cm³/mol. The number of urea groups is 1. The summed E-state index contributed by atoms with van der Waals surface area (Å²) >= 11 is 3.33. The number of nitrogens with zero attached hydrogens (tertiary/aromatic N) is 1. The van der Waals surface area contributed by atoms with Gasteiger partial charge < -0.3 is 11.1 Å². The van der Waals surface area contributed by atoms with E-state index in [-0.39, 0.29) is 18.5 Å². The fraction of sp³-hybridized carbons (Fsp3) is 0.429. The number of nitrogens with two attached hydrogens (primary N) is 1. The van der Waals surface area contributed by atoms with Crippen molar-refractivity contribution in [3.05, 3.63) is 28.2 Å². The topological polar surface area (TPSA) is 75.4 Å². The van der Waals surface area contributed by atoms with Gasteiger partial charge in [0.2, 0.25) is 0 Å². The van der Waals surface area contributed by atoms with E-state index in [1.807, 2.05) is 12.1 Å². The van der Waals surface area contributed by atoms with Crippen LogP contribution in [0.2, 0.25) is 0 Å². The maximum absolute atomic E-state index is 12.5. The van der Waals surface area contributed by atoms with Crippen molar-refractivity contribution < 1.29 is 9.59 Å². The van der Waals surface area contributed by atoms with Crippen molar-refractivity contribution in [2.75, 3.05) is 5.73 Å². The first-order chi connectivity index (χ1) is 9.52. The lowest BCUT2D eigenvalue weighted by molar-refractivity contribution is -0.131. The molecule has 6 heteroatoms. The van der Waals surface area contributed by atoms with Gasteiger partial charge in [0.05, 0.1) is 6.54 Å². The zero-order valence-corrected chi connectivity index (χ0v) is 12.6. The van der Waals surface area contributed by atoms with Gasteiger partial charge in [0.15, 0.2) is 0 Å². The molecule has 2 aliphatic rings. The van der Waals surface area contributed by atoms with Gasteiger partial charge in [-0.15, -0.1) is 0 Å². The lowest BCUT2D eigenvalue weighted by Gasteiger charge is -2.20. The van der Waals surface area contributed by atoms with Gasteiger partial charge >= 0.3 is 6.03 Å². The van der Waals surface area contributed by atoms with Gasteiger partial charge in [0.25, 0.3) is 5.91 Å². The number of benzene rings is 1. The van der Waals surface area contributed by atoms with Crippen LogP contribution in [0.3, 0.4) is 0 Å². The monoisotopic (exact) mass is 337 g/mol. The third-order valence-corrected chi connectivity index (χ3v) is 4.83. The van der Waals surface area contributed by atoms with E-state index in [0.29, 0.717) is 5.69 Å². The molecule has 0 atom stereocenters. The van der Waals surface area contributed by atoms with Crippen LogP contribution in [0.15, 0.2) is 22.7 Å². The molecule has 1 aliphatic carbocycles. The Morgan fingerprint density at radius 2 is 2.00 bits per heavy atom. The first-order valence-electron chi connectivity index (χ1n) is 6.70. The first kappa shape index (κ1) is 13.4. The smallest absolute Gasteiger partial charge is 0.325 e. The molecule has 1 saturated carbocycles. The van der Waals surface area contributed by atoms with E-state index in [4.69, 9.17) is 5.73 Å². The van der Waals surface area contributed by atoms with E-state index in [9.17, 15) is 9.59 Å². The summed E-state index contributed by atoms with van der Waals surface area (Å²) in [5, 5.41) is 2.87. The molecular weight excluding hydrogens is 322 g/mol. The Labute approximate surface area is 125 Å². The highest BCUT2D eigenvalue weighted by Crippen LogP contribution is 2.35. The van der Waals surface area contributed by atoms with E-state index in [2.05, 4.69) is 21.2 Å². The van der Waals surface area contributed by atoms with Crippen LogP contribution in [0.25, 0.3) is 0 Å². The number of anilines is 1. The average molecular weight is 338 g/mol. The maximum atomic E-state index is 12.5. The molecule has 0 radical (unpaired) electrons. The lowest BCUT2D eigenvalue weighted by Crippen LogP contribution is -2.44. The molecule has 2 fully saturated rings. The molecule has 0 aromatic heterocycles. The van der Waals surface area contributed by atoms with Crippen LogP contribution in [0.5, 0.6) is 0 Å². The predicted octanol–water partition coefficient (Wildman–Crippen LogP) is 2.40. The van der Waals surface area contributed by atoms with Crippen LogP contribution in [-0.4, -0.2) is 22.4 Å². The SMILES string of the molecule is Nc1cc(CN2C(=O)NC3(CCCC3)C2=O)ccc1Br. The molecule has 1 aromatic carbocycles. The van der Waals surface area contributed by atoms with Crippen LogP contribution in [0.1, 0.15) is 31.2 Å². The first-order valence-corrected chi connectivity index (χ1v) is 7.49. The van der Waals surface area contributed by atoms with Crippen molar-refractivity contribution in [2.24, 2.45) is 0 Å². The Hall–Kier alpha value is -1.56. The Kier molecular flexibility index (Phi) is 3.20. The molecule has 106 valence electrons. The Morgan fingerprint density at radius 1 is 1.30 bits per heavy atom. The number of hydrogen-bond donors (Lipinski definition) is 2. The summed E-state index contributed by atoms with van der Waals surface area (Å²) in [6.45, 7) is 0.268. The Bertz CT molecular complexity index is 582. The number of rotatable bonds is 2. The van der Waals surface area contributed by atoms with Crippen molar-refractivity contribution in [2.45, 2.75) is 37.8 Å². The lowest BCUT2D eigenvalue weighted by atomic mass is 9.98. The summed E-state index contributed by atoms with van der Waals surface area (Å²) < 4.78 is 0.811. The number of imide groups is 1. The second-order valence-corrected chi connectivity index (χ2v) is 6.32. The molecule has 20 heavy (non-hydrogen) atoms. The highest BCUT2D eigenvalue weighted by atomic mass is 79.9. The van der Waals surface area contributed by atoms with Gasteiger partial charge in [0, 0.05) is 10.2 Å². The van der Waals surface area contributed by atoms with Crippen molar-refractivity contribution >= 4 is 33.6 Å². The number of hydrogen-bond acceptors (Lipinski definition) is 3. The van der Waals surface area contributed by atoms with E-state index in [0.717, 1.165) is 35.7 Å². The normalized spacial score (nSPS) is 20.8. The van der Waals surface area contributed by atoms with Crippen LogP contribution in [0.4, 0.5) is 10.5 Å². The molecule has 0 unspecified atom stereocenters. The van der Waals surface area contributed by atoms with E-state index >= 15 is 0 Å². The van der Waals surface area contributed by atoms with Gasteiger partial charge in [-0.1, -0.05) is 18.9 Å². The zero-order valence-electron chi connectivity index (χ0n) is 11.0. The van der Waals surface area contributed by atoms with Gasteiger partial charge in [-0.2, -0.15) is 0 Å². The second-order valence-electron chi connectivity index (χ2n) is 5.47.